The van der Waals surface area contributed by atoms with Crippen molar-refractivity contribution in [2.24, 2.45) is 41.2 Å². The van der Waals surface area contributed by atoms with E-state index in [4.69, 9.17) is 48.4 Å². The second-order valence-electron chi connectivity index (χ2n) is 37.3. The molecule has 0 aromatic heterocycles. The molecule has 39 atom stereocenters. The van der Waals surface area contributed by atoms with Gasteiger partial charge in [0, 0.05) is 75.2 Å². The van der Waals surface area contributed by atoms with Crippen molar-refractivity contribution >= 4 is 29.7 Å². The van der Waals surface area contributed by atoms with E-state index in [9.17, 15) is 126 Å². The van der Waals surface area contributed by atoms with Crippen molar-refractivity contribution in [1.29, 1.82) is 0 Å². The number of carbonyl (C=O) groups is 5. The zero-order chi connectivity index (χ0) is 103. The smallest absolute Gasteiger partial charge is 0.313 e. The average Bonchev–Trinajstić information content (AvgIpc) is 0.757. The van der Waals surface area contributed by atoms with E-state index in [-0.39, 0.29) is 69.9 Å². The lowest BCUT2D eigenvalue weighted by Gasteiger charge is -2.47. The number of rotatable bonds is 13. The number of carbonyl (C=O) groups excluding carboxylic acids is 5. The Morgan fingerprint density at radius 1 is 0.417 bits per heavy atom. The van der Waals surface area contributed by atoms with E-state index in [1.54, 1.807) is 193 Å². The third kappa shape index (κ3) is 40.6. The summed E-state index contributed by atoms with van der Waals surface area (Å²) in [6, 6.07) is -2.56. The number of aliphatic hydroxyl groups excluding tert-OH is 18. The predicted octanol–water partition coefficient (Wildman–Crippen LogP) is 0.642. The van der Waals surface area contributed by atoms with Crippen LogP contribution in [-0.2, 0) is 66.6 Å². The van der Waals surface area contributed by atoms with Crippen LogP contribution in [-0.4, -0.2) is 360 Å². The van der Waals surface area contributed by atoms with Crippen LogP contribution in [0.2, 0.25) is 0 Å². The number of nitrogens with one attached hydrogen (secondary N) is 3. The molecule has 0 unspecified atom stereocenters. The van der Waals surface area contributed by atoms with Crippen LogP contribution >= 0.6 is 0 Å². The summed E-state index contributed by atoms with van der Waals surface area (Å²) in [4.78, 5) is 67.6. The van der Waals surface area contributed by atoms with E-state index < -0.39 is 319 Å². The second kappa shape index (κ2) is 61.0. The summed E-state index contributed by atoms with van der Waals surface area (Å²) in [5, 5.41) is 234. The number of amides is 2. The van der Waals surface area contributed by atoms with E-state index in [1.807, 2.05) is 0 Å². The molecule has 2 amide bonds. The predicted molar refractivity (Wildman–Crippen MR) is 505 cm³/mol. The molecule has 4 saturated heterocycles. The summed E-state index contributed by atoms with van der Waals surface area (Å²) in [5.41, 5.74) is 6.19. The highest BCUT2D eigenvalue weighted by Crippen LogP contribution is 2.42. The van der Waals surface area contributed by atoms with E-state index in [1.165, 1.54) is 32.1 Å². The minimum Gasteiger partial charge on any atom is -0.469 e. The maximum absolute atomic E-state index is 17.1. The van der Waals surface area contributed by atoms with E-state index in [0.29, 0.717) is 0 Å². The van der Waals surface area contributed by atoms with Crippen molar-refractivity contribution in [3.05, 3.63) is 170 Å². The molecule has 139 heavy (non-hydrogen) atoms. The Kier molecular flexibility index (Phi) is 52.7. The summed E-state index contributed by atoms with van der Waals surface area (Å²) >= 11 is 0. The molecule has 25 N–H and O–H groups in total. The van der Waals surface area contributed by atoms with Gasteiger partial charge in [-0.3, -0.25) is 24.0 Å². The Bertz CT molecular complexity index is 4130. The number of cyclic esters (lactones) is 2. The Labute approximate surface area is 812 Å². The van der Waals surface area contributed by atoms with E-state index >= 15 is 4.39 Å². The quantitative estimate of drug-likeness (QED) is 0.0683. The van der Waals surface area contributed by atoms with Gasteiger partial charge in [-0.1, -0.05) is 198 Å². The number of nitrogens with two attached hydrogens (primary N) is 1. The fraction of sp³-hybridized carbons (Fsp3) is 0.670. The Hall–Kier alpha value is -7.48. The molecule has 0 radical (unpaired) electrons. The molecule has 4 fully saturated rings. The minimum absolute atomic E-state index is 0.0427. The molecule has 0 aromatic carbocycles. The number of halogens is 1. The van der Waals surface area contributed by atoms with Gasteiger partial charge in [0.2, 0.25) is 17.6 Å². The summed E-state index contributed by atoms with van der Waals surface area (Å²) in [6.45, 7) is 12.2. The van der Waals surface area contributed by atoms with Crippen LogP contribution in [0.5, 0.6) is 0 Å². The van der Waals surface area contributed by atoms with Gasteiger partial charge in [0.15, 0.2) is 24.5 Å². The number of allylic oxidation sites excluding steroid dienone is 24. The van der Waals surface area contributed by atoms with Crippen molar-refractivity contribution in [3.8, 4) is 0 Å². The summed E-state index contributed by atoms with van der Waals surface area (Å²) < 4.78 is 70.1. The SMILES string of the molecule is COC(=O)[C@H]1[C@@H]2C[C@@H](O[C@@H]3O[C@H](C)[C@@H](O)[C@H](NCCCNC(=O)CNC(=O)[C@@H]4[C@@H](O)[C@H](F)[C@@]5(O)C[C@@H](O)C[C@@H](O)[C@H](O)CC[C@@H](O)C[C@@H](O)CC(=O)O[C@@H](C)[C@H](C)[C@H](O)[C@@H](C)\C=C/C=C\C=C/C=C\C=C/C=C\C=C\[C@H](O[C@@H]6O[C@H](C)[C@@H](O)[C@H](N)[C@@H]6O)C[C@@H]4O5)[C@@H]3O)/C=C/C=C\C=C/C=C\C=C/C=C\C=C/[C@H](C)[C@@H](O)[C@@H](C)[C@H](C)OC(=O)C[C@H](O)C[C@H](O)CC[C@@H](O)[C@H](O)C[C@H](O)C[C@](O)(C[C@@H]1O)O2. The number of hydrogen-bond acceptors (Lipinski definition) is 36. The van der Waals surface area contributed by atoms with Gasteiger partial charge in [0.25, 0.3) is 0 Å². The Balaban J connectivity index is 1.20. The van der Waals surface area contributed by atoms with Crippen LogP contribution in [0.15, 0.2) is 170 Å². The molecule has 38 nitrogen and oxygen atoms in total. The van der Waals surface area contributed by atoms with Gasteiger partial charge in [0.05, 0.1) is 173 Å². The lowest BCUT2D eigenvalue weighted by molar-refractivity contribution is -0.333. The first-order valence-electron chi connectivity index (χ1n) is 48.0. The fourth-order valence-corrected chi connectivity index (χ4v) is 17.2. The topological polar surface area (TPSA) is 635 Å². The molecular weight excluding hydrogens is 1820 g/mol. The number of fused-ring (bicyclic) bond motifs is 4. The molecule has 39 heteroatoms. The van der Waals surface area contributed by atoms with Crippen molar-refractivity contribution in [2.45, 2.75) is 359 Å². The van der Waals surface area contributed by atoms with Crippen LogP contribution in [0, 0.1) is 35.5 Å². The van der Waals surface area contributed by atoms with Crippen LogP contribution in [0.25, 0.3) is 0 Å². The van der Waals surface area contributed by atoms with Crippen molar-refractivity contribution in [2.75, 3.05) is 26.7 Å². The molecule has 4 bridgehead atoms. The first kappa shape index (κ1) is 120. The van der Waals surface area contributed by atoms with Crippen LogP contribution < -0.4 is 21.7 Å². The number of esters is 3. The van der Waals surface area contributed by atoms with Gasteiger partial charge in [-0.15, -0.1) is 0 Å². The van der Waals surface area contributed by atoms with Gasteiger partial charge in [-0.05, 0) is 79.2 Å². The van der Waals surface area contributed by atoms with Gasteiger partial charge >= 0.3 is 17.9 Å². The number of methoxy groups -OCH3 is 1. The lowest BCUT2D eigenvalue weighted by atomic mass is 9.81. The van der Waals surface area contributed by atoms with Crippen LogP contribution in [0.1, 0.15) is 158 Å². The maximum Gasteiger partial charge on any atom is 0.313 e. The average molecular weight is 1980 g/mol. The highest BCUT2D eigenvalue weighted by atomic mass is 19.1. The Morgan fingerprint density at radius 2 is 0.820 bits per heavy atom. The molecule has 6 heterocycles. The lowest BCUT2D eigenvalue weighted by Crippen LogP contribution is -2.65. The minimum atomic E-state index is -3.21. The molecule has 786 valence electrons. The summed E-state index contributed by atoms with van der Waals surface area (Å²) in [7, 11) is 1.06. The van der Waals surface area contributed by atoms with Gasteiger partial charge < -0.3 is 166 Å². The maximum atomic E-state index is 17.1. The first-order valence-corrected chi connectivity index (χ1v) is 48.0. The van der Waals surface area contributed by atoms with E-state index in [2.05, 4.69) is 16.0 Å². The second-order valence-corrected chi connectivity index (χ2v) is 37.3. The van der Waals surface area contributed by atoms with Crippen molar-refractivity contribution in [3.63, 3.8) is 0 Å². The third-order valence-corrected chi connectivity index (χ3v) is 25.8. The first-order chi connectivity index (χ1) is 65.8. The molecule has 6 rings (SSSR count). The largest absolute Gasteiger partial charge is 0.469 e. The van der Waals surface area contributed by atoms with Crippen LogP contribution in [0.4, 0.5) is 4.39 Å². The van der Waals surface area contributed by atoms with Gasteiger partial charge in [-0.25, -0.2) is 4.39 Å². The van der Waals surface area contributed by atoms with Crippen molar-refractivity contribution in [1.82, 2.24) is 16.0 Å². The normalized spacial score (nSPS) is 43.9. The van der Waals surface area contributed by atoms with Gasteiger partial charge in [0.1, 0.15) is 36.4 Å². The molecule has 6 aliphatic heterocycles. The molecule has 0 spiro atoms. The van der Waals surface area contributed by atoms with Crippen LogP contribution in [0.3, 0.4) is 0 Å². The standard InChI is InChI=1S/C100H155FN4O34/c1-57-35-30-26-22-18-14-10-12-16-20-24-28-32-37-71(51-78-83(96(128)131-9)77(116)55-99(129,138-78)53-69(110)47-75(114)73(112)41-39-65(106)45-67(108)49-81(118)132-61(5)59(3)87(57)120)137-98-93(126)86(90(123)64(8)135-98)104-44-34-43-103-80(117)56-105-95(127)84-79-52-72(136-97-92(125)85(102)89(122)63(7)134-97)38-33-29-25-21-17-13-11-15-19-23-27-31-36-58(2)88(121)60(4)62(6)133-82(119)50-68(109)46-66(107)40-42-74(113)76(115)48-70(111)54-100(130,139-79)94(101)91(84)124/h10-33,35-38,57-79,83-94,97-98,104,106-116,120-126,129-130H,34,39-56,102H2,1-9H3,(H,103,117)(H,105,127)/b12-10-,13-11-,18-14-,19-15-,20-16-,21-17-,26-22-,27-23-,28-24-,29-25-,35-30-,36-31-,37-32+,38-33+/t57-,58-,59-,60-,61-,62-,63+,64+,65+,66+,67+,68+,69-,70-,71-,72-,73+,74+,75+,76+,77-,78-,79-,83+,84-,85-,86-,87+,88+,89+,90+,91+,92-,93-,94-,97-,98-,99+,100+/m0/s1. The van der Waals surface area contributed by atoms with E-state index in [0.717, 1.165) is 7.11 Å². The molecule has 6 aliphatic rings. The van der Waals surface area contributed by atoms with Gasteiger partial charge in [-0.2, -0.15) is 0 Å². The molecule has 0 aromatic rings. The molecule has 0 saturated carbocycles. The number of ether oxygens (including phenoxy) is 9. The number of aliphatic hydroxyl groups is 20. The highest BCUT2D eigenvalue weighted by molar-refractivity contribution is 5.86. The summed E-state index contributed by atoms with van der Waals surface area (Å²) in [5.74, 6) is -15.6. The number of hydrogen-bond donors (Lipinski definition) is 24. The third-order valence-electron chi connectivity index (χ3n) is 25.8. The van der Waals surface area contributed by atoms with Crippen molar-refractivity contribution < 1.29 is 173 Å². The fourth-order valence-electron chi connectivity index (χ4n) is 17.2. The molecular formula is C100H155FN4O34. The molecule has 0 aliphatic carbocycles. The monoisotopic (exact) mass is 1980 g/mol. The zero-order valence-corrected chi connectivity index (χ0v) is 80.6. The Morgan fingerprint density at radius 3 is 1.26 bits per heavy atom. The highest BCUT2D eigenvalue weighted by Gasteiger charge is 2.58. The zero-order valence-electron chi connectivity index (χ0n) is 80.6. The summed E-state index contributed by atoms with van der Waals surface area (Å²) in [6.07, 6.45) is -4.14. The number of alkyl halides is 1.